The average Bonchev–Trinajstić information content (AvgIpc) is 3.13. The van der Waals surface area contributed by atoms with Crippen molar-refractivity contribution in [1.82, 2.24) is 20.0 Å². The molecule has 2 fully saturated rings. The van der Waals surface area contributed by atoms with Gasteiger partial charge in [-0.3, -0.25) is 4.90 Å². The van der Waals surface area contributed by atoms with Crippen molar-refractivity contribution < 1.29 is 20.1 Å². The van der Waals surface area contributed by atoms with Gasteiger partial charge < -0.3 is 35.2 Å². The van der Waals surface area contributed by atoms with Gasteiger partial charge in [0.25, 0.3) is 0 Å². The summed E-state index contributed by atoms with van der Waals surface area (Å²) in [6.07, 6.45) is 0.971. The van der Waals surface area contributed by atoms with Crippen LogP contribution < -0.4 is 5.32 Å². The molecule has 158 valence electrons. The fourth-order valence-electron chi connectivity index (χ4n) is 3.22. The second-order valence-electron chi connectivity index (χ2n) is 6.90. The summed E-state index contributed by atoms with van der Waals surface area (Å²) in [6.45, 7) is 5.62. The molecule has 0 aliphatic carbocycles. The van der Waals surface area contributed by atoms with Gasteiger partial charge in [0.2, 0.25) is 0 Å². The van der Waals surface area contributed by atoms with Crippen molar-refractivity contribution >= 4 is 11.6 Å². The molecule has 0 saturated carbocycles. The smallest absolute Gasteiger partial charge is 0.0834 e. The molecule has 2 heterocycles. The predicted octanol–water partition coefficient (Wildman–Crippen LogP) is -1.66. The Balaban J connectivity index is 0.000000444. The molecule has 2 saturated heterocycles. The number of rotatable bonds is 7. The topological polar surface area (TPSA) is 91.7 Å². The molecule has 8 nitrogen and oxygen atoms in total. The van der Waals surface area contributed by atoms with Crippen LogP contribution in [-0.4, -0.2) is 141 Å². The van der Waals surface area contributed by atoms with Gasteiger partial charge in [-0.15, -0.1) is 11.6 Å². The number of halogens is 1. The quantitative estimate of drug-likeness (QED) is 0.379. The van der Waals surface area contributed by atoms with Crippen LogP contribution in [0.2, 0.25) is 0 Å². The summed E-state index contributed by atoms with van der Waals surface area (Å²) >= 11 is 4.64. The van der Waals surface area contributed by atoms with Crippen molar-refractivity contribution in [2.24, 2.45) is 0 Å². The first kappa shape index (κ1) is 26.0. The highest BCUT2D eigenvalue weighted by molar-refractivity contribution is 6.15. The summed E-state index contributed by atoms with van der Waals surface area (Å²) in [5.74, 6) is 0. The van der Waals surface area contributed by atoms with Gasteiger partial charge in [-0.1, -0.05) is 0 Å². The Labute approximate surface area is 163 Å². The Bertz CT molecular complexity index is 344. The van der Waals surface area contributed by atoms with E-state index in [1.54, 1.807) is 7.11 Å². The number of hydrogen-bond acceptors (Lipinski definition) is 8. The van der Waals surface area contributed by atoms with Gasteiger partial charge >= 0.3 is 0 Å². The number of hydrogen-bond donors (Lipinski definition) is 4. The van der Waals surface area contributed by atoms with Crippen LogP contribution in [0.5, 0.6) is 0 Å². The van der Waals surface area contributed by atoms with E-state index in [1.807, 2.05) is 21.1 Å². The summed E-state index contributed by atoms with van der Waals surface area (Å²) in [6, 6.07) is 0.396. The average molecular weight is 399 g/mol. The molecule has 9 heteroatoms. The van der Waals surface area contributed by atoms with Gasteiger partial charge in [0.05, 0.1) is 25.4 Å². The standard InChI is InChI=1S/C9H20N2O2.C7H16N2O2.CH3Cl/c1-10-6-8(9(12)7-10)11(2)4-5-13-3;1-9-4-6(7(11)5-9)8-2-3-10;1-2/h8-9,12H,4-7H2,1-3H3;6-8,10-11H,2-5H2,1H3;1H3/t8-,9-;6-,7-;/m00./s1. The molecule has 0 bridgehead atoms. The van der Waals surface area contributed by atoms with E-state index < -0.39 is 0 Å². The first-order valence-electron chi connectivity index (χ1n) is 9.03. The van der Waals surface area contributed by atoms with E-state index in [9.17, 15) is 10.2 Å². The molecule has 0 unspecified atom stereocenters. The van der Waals surface area contributed by atoms with E-state index in [0.717, 1.165) is 39.3 Å². The van der Waals surface area contributed by atoms with Crippen LogP contribution in [0, 0.1) is 0 Å². The maximum absolute atomic E-state index is 9.70. The van der Waals surface area contributed by atoms with Crippen molar-refractivity contribution in [1.29, 1.82) is 0 Å². The van der Waals surface area contributed by atoms with E-state index in [1.165, 1.54) is 6.38 Å². The number of aliphatic hydroxyl groups is 3. The molecular formula is C17H39ClN4O4. The van der Waals surface area contributed by atoms with Crippen molar-refractivity contribution in [2.75, 3.05) is 87.1 Å². The molecule has 0 aromatic heterocycles. The molecule has 2 aliphatic rings. The minimum atomic E-state index is -0.286. The highest BCUT2D eigenvalue weighted by atomic mass is 35.5. The molecule has 2 aliphatic heterocycles. The number of likely N-dealkylation sites (N-methyl/N-ethyl adjacent to an activating group) is 3. The van der Waals surface area contributed by atoms with Crippen LogP contribution in [0.4, 0.5) is 0 Å². The van der Waals surface area contributed by atoms with Crippen LogP contribution in [0.25, 0.3) is 0 Å². The summed E-state index contributed by atoms with van der Waals surface area (Å²) in [7, 11) is 7.74. The maximum Gasteiger partial charge on any atom is 0.0834 e. The summed E-state index contributed by atoms with van der Waals surface area (Å²) in [5.41, 5.74) is 0. The van der Waals surface area contributed by atoms with Crippen LogP contribution >= 0.6 is 11.6 Å². The summed E-state index contributed by atoms with van der Waals surface area (Å²) in [5, 5.41) is 30.7. The van der Waals surface area contributed by atoms with E-state index in [4.69, 9.17) is 9.84 Å². The predicted molar refractivity (Wildman–Crippen MR) is 106 cm³/mol. The fraction of sp³-hybridized carbons (Fsp3) is 1.00. The molecule has 0 radical (unpaired) electrons. The number of aliphatic hydroxyl groups excluding tert-OH is 3. The Kier molecular flexibility index (Phi) is 14.9. The lowest BCUT2D eigenvalue weighted by Gasteiger charge is -2.25. The normalized spacial score (nSPS) is 29.3. The highest BCUT2D eigenvalue weighted by Gasteiger charge is 2.31. The molecule has 4 atom stereocenters. The second kappa shape index (κ2) is 15.0. The van der Waals surface area contributed by atoms with Crippen LogP contribution in [-0.2, 0) is 4.74 Å². The molecule has 0 amide bonds. The van der Waals surface area contributed by atoms with E-state index in [2.05, 4.69) is 31.6 Å². The van der Waals surface area contributed by atoms with Gasteiger partial charge in [-0.25, -0.2) is 0 Å². The summed E-state index contributed by atoms with van der Waals surface area (Å²) < 4.78 is 5.00. The zero-order chi connectivity index (χ0) is 20.1. The van der Waals surface area contributed by atoms with Crippen LogP contribution in [0.3, 0.4) is 0 Å². The minimum absolute atomic E-state index is 0.132. The van der Waals surface area contributed by atoms with Gasteiger partial charge in [0.1, 0.15) is 0 Å². The number of likely N-dealkylation sites (tertiary alicyclic amines) is 2. The van der Waals surface area contributed by atoms with Gasteiger partial charge in [0.15, 0.2) is 0 Å². The van der Waals surface area contributed by atoms with Crippen molar-refractivity contribution in [3.63, 3.8) is 0 Å². The Morgan fingerprint density at radius 2 is 1.65 bits per heavy atom. The molecule has 0 aromatic carbocycles. The number of alkyl halides is 1. The zero-order valence-corrected chi connectivity index (χ0v) is 17.7. The summed E-state index contributed by atoms with van der Waals surface area (Å²) in [4.78, 5) is 6.38. The number of ether oxygens (including phenoxy) is 1. The molecule has 26 heavy (non-hydrogen) atoms. The molecular weight excluding hydrogens is 360 g/mol. The third kappa shape index (κ3) is 9.77. The molecule has 0 aromatic rings. The SMILES string of the molecule is CCl.CN1C[C@H](NCCO)[C@@H](O)C1.COCCN(C)[C@H]1CN(C)C[C@@H]1O. The van der Waals surface area contributed by atoms with Crippen LogP contribution in [0.1, 0.15) is 0 Å². The van der Waals surface area contributed by atoms with Crippen molar-refractivity contribution in [2.45, 2.75) is 24.3 Å². The monoisotopic (exact) mass is 398 g/mol. The van der Waals surface area contributed by atoms with E-state index >= 15 is 0 Å². The number of β-amino-alcohol motifs (C(OH)–C–C–N with tert-alkyl or cyclic N) is 2. The number of nitrogens with zero attached hydrogens (tertiary/aromatic N) is 3. The third-order valence-electron chi connectivity index (χ3n) is 4.65. The van der Waals surface area contributed by atoms with E-state index in [0.29, 0.717) is 6.54 Å². The number of methoxy groups -OCH3 is 1. The maximum atomic E-state index is 9.70. The lowest BCUT2D eigenvalue weighted by atomic mass is 10.2. The first-order chi connectivity index (χ1) is 12.4. The minimum Gasteiger partial charge on any atom is -0.395 e. The van der Waals surface area contributed by atoms with Gasteiger partial charge in [-0.05, 0) is 21.1 Å². The van der Waals surface area contributed by atoms with Crippen molar-refractivity contribution in [3.8, 4) is 0 Å². The first-order valence-corrected chi connectivity index (χ1v) is 9.79. The van der Waals surface area contributed by atoms with Gasteiger partial charge in [0, 0.05) is 64.8 Å². The third-order valence-corrected chi connectivity index (χ3v) is 4.65. The van der Waals surface area contributed by atoms with Crippen LogP contribution in [0.15, 0.2) is 0 Å². The Morgan fingerprint density at radius 1 is 1.08 bits per heavy atom. The Hall–Kier alpha value is -0.0300. The van der Waals surface area contributed by atoms with E-state index in [-0.39, 0.29) is 30.9 Å². The van der Waals surface area contributed by atoms with Gasteiger partial charge in [-0.2, -0.15) is 0 Å². The fourth-order valence-corrected chi connectivity index (χ4v) is 3.22. The molecule has 4 N–H and O–H groups in total. The molecule has 2 rings (SSSR count). The zero-order valence-electron chi connectivity index (χ0n) is 16.9. The lowest BCUT2D eigenvalue weighted by Crippen LogP contribution is -2.42. The lowest BCUT2D eigenvalue weighted by molar-refractivity contribution is 0.0781. The van der Waals surface area contributed by atoms with Crippen molar-refractivity contribution in [3.05, 3.63) is 0 Å². The largest absolute Gasteiger partial charge is 0.395 e. The molecule has 0 spiro atoms. The number of nitrogens with one attached hydrogen (secondary N) is 1. The second-order valence-corrected chi connectivity index (χ2v) is 6.90. The Morgan fingerprint density at radius 3 is 2.08 bits per heavy atom. The highest BCUT2D eigenvalue weighted by Crippen LogP contribution is 2.12.